The summed E-state index contributed by atoms with van der Waals surface area (Å²) >= 11 is 6.04. The lowest BCUT2D eigenvalue weighted by Crippen LogP contribution is -2.09. The highest BCUT2D eigenvalue weighted by atomic mass is 35.5. The summed E-state index contributed by atoms with van der Waals surface area (Å²) in [5.74, 6) is 0. The van der Waals surface area contributed by atoms with Gasteiger partial charge >= 0.3 is 0 Å². The van der Waals surface area contributed by atoms with Gasteiger partial charge in [-0.2, -0.15) is 0 Å². The molecule has 1 aromatic carbocycles. The molecule has 0 amide bonds. The summed E-state index contributed by atoms with van der Waals surface area (Å²) in [6, 6.07) is 8.20. The quantitative estimate of drug-likeness (QED) is 0.571. The SMILES string of the molecule is C=CC(=C)c1c2c(n(Cc3ccc(Cl)cc3)c1C)CCCCCC2. The van der Waals surface area contributed by atoms with Gasteiger partial charge in [-0.05, 0) is 61.4 Å². The second kappa shape index (κ2) is 7.44. The van der Waals surface area contributed by atoms with Crippen molar-refractivity contribution in [3.8, 4) is 0 Å². The fourth-order valence-corrected chi connectivity index (χ4v) is 4.01. The molecule has 0 atom stereocenters. The number of benzene rings is 1. The summed E-state index contributed by atoms with van der Waals surface area (Å²) in [4.78, 5) is 0. The van der Waals surface area contributed by atoms with Gasteiger partial charge in [-0.15, -0.1) is 0 Å². The van der Waals surface area contributed by atoms with Gasteiger partial charge in [0.15, 0.2) is 0 Å². The van der Waals surface area contributed by atoms with Crippen LogP contribution in [0.15, 0.2) is 43.5 Å². The normalized spacial score (nSPS) is 14.6. The number of rotatable bonds is 4. The van der Waals surface area contributed by atoms with Crippen LogP contribution in [0.4, 0.5) is 0 Å². The number of fused-ring (bicyclic) bond motifs is 1. The van der Waals surface area contributed by atoms with Crippen molar-refractivity contribution >= 4 is 17.2 Å². The molecule has 126 valence electrons. The molecule has 0 fully saturated rings. The Bertz CT molecular complexity index is 749. The van der Waals surface area contributed by atoms with E-state index in [2.05, 4.69) is 36.8 Å². The van der Waals surface area contributed by atoms with Crippen molar-refractivity contribution in [1.29, 1.82) is 0 Å². The predicted molar refractivity (Wildman–Crippen MR) is 105 cm³/mol. The summed E-state index contributed by atoms with van der Waals surface area (Å²) in [5.41, 5.74) is 8.00. The zero-order chi connectivity index (χ0) is 17.1. The molecule has 0 saturated heterocycles. The van der Waals surface area contributed by atoms with Crippen LogP contribution in [-0.2, 0) is 19.4 Å². The van der Waals surface area contributed by atoms with Crippen LogP contribution in [0.2, 0.25) is 5.02 Å². The molecule has 2 heteroatoms. The van der Waals surface area contributed by atoms with Gasteiger partial charge in [0.25, 0.3) is 0 Å². The maximum atomic E-state index is 6.04. The lowest BCUT2D eigenvalue weighted by atomic mass is 9.93. The molecule has 0 saturated carbocycles. The molecule has 0 unspecified atom stereocenters. The van der Waals surface area contributed by atoms with Gasteiger partial charge in [0, 0.05) is 28.5 Å². The van der Waals surface area contributed by atoms with Gasteiger partial charge in [-0.1, -0.05) is 55.8 Å². The fourth-order valence-electron chi connectivity index (χ4n) is 3.88. The highest BCUT2D eigenvalue weighted by Gasteiger charge is 2.21. The maximum Gasteiger partial charge on any atom is 0.0475 e. The molecule has 0 bridgehead atoms. The minimum atomic E-state index is 0.791. The van der Waals surface area contributed by atoms with Crippen LogP contribution >= 0.6 is 11.6 Å². The minimum Gasteiger partial charge on any atom is -0.344 e. The molecule has 0 aliphatic heterocycles. The van der Waals surface area contributed by atoms with Crippen molar-refractivity contribution in [3.05, 3.63) is 76.6 Å². The Balaban J connectivity index is 2.08. The van der Waals surface area contributed by atoms with E-state index < -0.39 is 0 Å². The first-order valence-electron chi connectivity index (χ1n) is 8.88. The van der Waals surface area contributed by atoms with E-state index in [4.69, 9.17) is 11.6 Å². The predicted octanol–water partition coefficient (Wildman–Crippen LogP) is 6.36. The molecular weight excluding hydrogens is 314 g/mol. The zero-order valence-corrected chi connectivity index (χ0v) is 15.3. The first kappa shape index (κ1) is 17.1. The summed E-state index contributed by atoms with van der Waals surface area (Å²) < 4.78 is 2.49. The van der Waals surface area contributed by atoms with E-state index in [0.717, 1.165) is 30.0 Å². The molecule has 1 heterocycles. The van der Waals surface area contributed by atoms with E-state index >= 15 is 0 Å². The van der Waals surface area contributed by atoms with Crippen LogP contribution in [0, 0.1) is 6.92 Å². The summed E-state index contributed by atoms with van der Waals surface area (Å²) in [7, 11) is 0. The van der Waals surface area contributed by atoms with Crippen LogP contribution < -0.4 is 0 Å². The molecular formula is C22H26ClN. The highest BCUT2D eigenvalue weighted by Crippen LogP contribution is 2.33. The molecule has 1 nitrogen and oxygen atoms in total. The number of hydrogen-bond donors (Lipinski definition) is 0. The van der Waals surface area contributed by atoms with Crippen LogP contribution in [0.5, 0.6) is 0 Å². The van der Waals surface area contributed by atoms with E-state index in [1.54, 1.807) is 0 Å². The highest BCUT2D eigenvalue weighted by molar-refractivity contribution is 6.30. The monoisotopic (exact) mass is 339 g/mol. The van der Waals surface area contributed by atoms with Crippen molar-refractivity contribution in [3.63, 3.8) is 0 Å². The van der Waals surface area contributed by atoms with Crippen molar-refractivity contribution in [1.82, 2.24) is 4.57 Å². The average molecular weight is 340 g/mol. The summed E-state index contributed by atoms with van der Waals surface area (Å²) in [5, 5.41) is 0.791. The number of aromatic nitrogens is 1. The van der Waals surface area contributed by atoms with Crippen LogP contribution in [0.1, 0.15) is 53.8 Å². The van der Waals surface area contributed by atoms with E-state index in [-0.39, 0.29) is 0 Å². The second-order valence-electron chi connectivity index (χ2n) is 6.74. The first-order valence-corrected chi connectivity index (χ1v) is 9.26. The van der Waals surface area contributed by atoms with E-state index in [1.807, 2.05) is 18.2 Å². The molecule has 0 radical (unpaired) electrons. The second-order valence-corrected chi connectivity index (χ2v) is 7.18. The van der Waals surface area contributed by atoms with Gasteiger partial charge in [-0.25, -0.2) is 0 Å². The molecule has 0 N–H and O–H groups in total. The number of halogens is 1. The summed E-state index contributed by atoms with van der Waals surface area (Å²) in [6.45, 7) is 11.3. The molecule has 1 aromatic heterocycles. The van der Waals surface area contributed by atoms with Crippen LogP contribution in [0.3, 0.4) is 0 Å². The van der Waals surface area contributed by atoms with Crippen molar-refractivity contribution < 1.29 is 0 Å². The number of allylic oxidation sites excluding steroid dienone is 2. The lowest BCUT2D eigenvalue weighted by Gasteiger charge is -2.15. The topological polar surface area (TPSA) is 4.93 Å². The Hall–Kier alpha value is -1.73. The lowest BCUT2D eigenvalue weighted by molar-refractivity contribution is 0.591. The molecule has 3 rings (SSSR count). The molecule has 2 aromatic rings. The van der Waals surface area contributed by atoms with E-state index in [1.165, 1.54) is 53.8 Å². The molecule has 1 aliphatic carbocycles. The van der Waals surface area contributed by atoms with Crippen molar-refractivity contribution in [2.75, 3.05) is 0 Å². The maximum absolute atomic E-state index is 6.04. The third kappa shape index (κ3) is 3.37. The van der Waals surface area contributed by atoms with Gasteiger partial charge < -0.3 is 4.57 Å². The smallest absolute Gasteiger partial charge is 0.0475 e. The Morgan fingerprint density at radius 1 is 1.12 bits per heavy atom. The Morgan fingerprint density at radius 3 is 2.46 bits per heavy atom. The van der Waals surface area contributed by atoms with Crippen molar-refractivity contribution in [2.24, 2.45) is 0 Å². The van der Waals surface area contributed by atoms with E-state index in [0.29, 0.717) is 0 Å². The van der Waals surface area contributed by atoms with Crippen LogP contribution in [-0.4, -0.2) is 4.57 Å². The van der Waals surface area contributed by atoms with Gasteiger partial charge in [0.05, 0.1) is 0 Å². The molecule has 1 aliphatic rings. The Morgan fingerprint density at radius 2 is 1.79 bits per heavy atom. The standard InChI is InChI=1S/C22H26ClN/c1-4-16(2)22-17(3)24(15-18-11-13-19(23)14-12-18)21-10-8-6-5-7-9-20(21)22/h4,11-14H,1-2,5-10,15H2,3H3. The fraction of sp³-hybridized carbons (Fsp3) is 0.364. The van der Waals surface area contributed by atoms with Gasteiger partial charge in [0.2, 0.25) is 0 Å². The Labute approximate surface area is 150 Å². The zero-order valence-electron chi connectivity index (χ0n) is 14.6. The van der Waals surface area contributed by atoms with E-state index in [9.17, 15) is 0 Å². The molecule has 24 heavy (non-hydrogen) atoms. The number of nitrogens with zero attached hydrogens (tertiary/aromatic N) is 1. The van der Waals surface area contributed by atoms with Gasteiger partial charge in [-0.3, -0.25) is 0 Å². The minimum absolute atomic E-state index is 0.791. The third-order valence-corrected chi connectivity index (χ3v) is 5.41. The van der Waals surface area contributed by atoms with Crippen LogP contribution in [0.25, 0.3) is 5.57 Å². The van der Waals surface area contributed by atoms with Gasteiger partial charge in [0.1, 0.15) is 0 Å². The number of hydrogen-bond acceptors (Lipinski definition) is 0. The third-order valence-electron chi connectivity index (χ3n) is 5.15. The van der Waals surface area contributed by atoms with Crippen molar-refractivity contribution in [2.45, 2.75) is 52.0 Å². The average Bonchev–Trinajstić information content (AvgIpc) is 2.80. The summed E-state index contributed by atoms with van der Waals surface area (Å²) in [6.07, 6.45) is 9.43. The first-order chi connectivity index (χ1) is 11.6. The molecule has 0 spiro atoms. The Kier molecular flexibility index (Phi) is 5.30. The largest absolute Gasteiger partial charge is 0.344 e.